The molecule has 27 heavy (non-hydrogen) atoms. The van der Waals surface area contributed by atoms with Crippen LogP contribution in [-0.4, -0.2) is 51.3 Å². The number of carbonyl (C=O) groups excluding carboxylic acids is 1. The molecule has 7 nitrogen and oxygen atoms in total. The van der Waals surface area contributed by atoms with Crippen molar-refractivity contribution in [2.75, 3.05) is 39.5 Å². The van der Waals surface area contributed by atoms with Gasteiger partial charge in [-0.3, -0.25) is 4.79 Å². The lowest BCUT2D eigenvalue weighted by molar-refractivity contribution is -0.122. The van der Waals surface area contributed by atoms with E-state index in [1.807, 2.05) is 45.0 Å². The van der Waals surface area contributed by atoms with E-state index in [0.717, 1.165) is 44.2 Å². The van der Waals surface area contributed by atoms with Crippen molar-refractivity contribution in [3.05, 3.63) is 29.8 Å². The second kappa shape index (κ2) is 16.6. The minimum Gasteiger partial charge on any atom is -0.484 e. The van der Waals surface area contributed by atoms with E-state index >= 15 is 0 Å². The van der Waals surface area contributed by atoms with Crippen LogP contribution in [0.1, 0.15) is 32.8 Å². The molecule has 0 aliphatic heterocycles. The summed E-state index contributed by atoms with van der Waals surface area (Å²) < 4.78 is 10.8. The molecule has 154 valence electrons. The van der Waals surface area contributed by atoms with Gasteiger partial charge in [0.2, 0.25) is 0 Å². The number of nitrogens with one attached hydrogen (secondary N) is 3. The molecule has 3 N–H and O–H groups in total. The minimum absolute atomic E-state index is 0. The van der Waals surface area contributed by atoms with Crippen LogP contribution in [0.5, 0.6) is 5.75 Å². The van der Waals surface area contributed by atoms with Gasteiger partial charge in [-0.2, -0.15) is 0 Å². The van der Waals surface area contributed by atoms with Gasteiger partial charge in [-0.15, -0.1) is 24.0 Å². The molecule has 8 heteroatoms. The molecule has 0 spiro atoms. The third kappa shape index (κ3) is 12.5. The van der Waals surface area contributed by atoms with Gasteiger partial charge in [0.05, 0.1) is 6.54 Å². The maximum Gasteiger partial charge on any atom is 0.257 e. The molecule has 0 radical (unpaired) electrons. The van der Waals surface area contributed by atoms with Gasteiger partial charge >= 0.3 is 0 Å². The fraction of sp³-hybridized carbons (Fsp3) is 0.579. The van der Waals surface area contributed by atoms with Crippen molar-refractivity contribution >= 4 is 35.8 Å². The SMILES string of the molecule is CCNC(=O)COc1cccc(CN=C(NCC)NCCCOCC)c1.I. The van der Waals surface area contributed by atoms with E-state index in [9.17, 15) is 4.79 Å². The van der Waals surface area contributed by atoms with Gasteiger partial charge in [0.1, 0.15) is 5.75 Å². The average molecular weight is 492 g/mol. The molecule has 1 rings (SSSR count). The van der Waals surface area contributed by atoms with Gasteiger partial charge in [-0.25, -0.2) is 4.99 Å². The number of guanidine groups is 1. The van der Waals surface area contributed by atoms with Crippen molar-refractivity contribution in [1.82, 2.24) is 16.0 Å². The van der Waals surface area contributed by atoms with Gasteiger partial charge < -0.3 is 25.4 Å². The number of ether oxygens (including phenoxy) is 2. The van der Waals surface area contributed by atoms with Crippen molar-refractivity contribution in [3.63, 3.8) is 0 Å². The summed E-state index contributed by atoms with van der Waals surface area (Å²) in [5, 5.41) is 9.23. The summed E-state index contributed by atoms with van der Waals surface area (Å²) in [5.41, 5.74) is 1.02. The van der Waals surface area contributed by atoms with Gasteiger partial charge in [0, 0.05) is 32.8 Å². The first-order chi connectivity index (χ1) is 12.7. The van der Waals surface area contributed by atoms with Gasteiger partial charge in [0.25, 0.3) is 5.91 Å². The summed E-state index contributed by atoms with van der Waals surface area (Å²) in [7, 11) is 0. The van der Waals surface area contributed by atoms with Crippen molar-refractivity contribution in [3.8, 4) is 5.75 Å². The third-order valence-corrected chi connectivity index (χ3v) is 3.37. The van der Waals surface area contributed by atoms with E-state index in [-0.39, 0.29) is 36.5 Å². The normalized spacial score (nSPS) is 10.7. The number of hydrogen-bond acceptors (Lipinski definition) is 4. The van der Waals surface area contributed by atoms with Crippen molar-refractivity contribution in [2.45, 2.75) is 33.7 Å². The first-order valence-corrected chi connectivity index (χ1v) is 9.27. The number of hydrogen-bond donors (Lipinski definition) is 3. The van der Waals surface area contributed by atoms with Crippen molar-refractivity contribution in [2.24, 2.45) is 4.99 Å². The summed E-state index contributed by atoms with van der Waals surface area (Å²) >= 11 is 0. The fourth-order valence-electron chi connectivity index (χ4n) is 2.17. The Balaban J connectivity index is 0.00000676. The highest BCUT2D eigenvalue weighted by molar-refractivity contribution is 14.0. The zero-order valence-electron chi connectivity index (χ0n) is 16.5. The molecule has 0 fully saturated rings. The molecule has 0 atom stereocenters. The predicted molar refractivity (Wildman–Crippen MR) is 120 cm³/mol. The number of amides is 1. The monoisotopic (exact) mass is 492 g/mol. The number of benzene rings is 1. The Hall–Kier alpha value is -1.55. The molecular weight excluding hydrogens is 459 g/mol. The molecular formula is C19H33IN4O3. The number of halogens is 1. The Bertz CT molecular complexity index is 556. The number of carbonyl (C=O) groups is 1. The van der Waals surface area contributed by atoms with Crippen LogP contribution >= 0.6 is 24.0 Å². The summed E-state index contributed by atoms with van der Waals surface area (Å²) in [5.74, 6) is 1.32. The average Bonchev–Trinajstić information content (AvgIpc) is 2.65. The zero-order valence-corrected chi connectivity index (χ0v) is 18.9. The number of nitrogens with zero attached hydrogens (tertiary/aromatic N) is 1. The smallest absolute Gasteiger partial charge is 0.257 e. The van der Waals surface area contributed by atoms with Crippen LogP contribution in [0.3, 0.4) is 0 Å². The Kier molecular flexibility index (Phi) is 15.7. The van der Waals surface area contributed by atoms with Gasteiger partial charge in [0.15, 0.2) is 12.6 Å². The van der Waals surface area contributed by atoms with E-state index in [1.54, 1.807) is 0 Å². The second-order valence-corrected chi connectivity index (χ2v) is 5.56. The molecule has 1 amide bonds. The second-order valence-electron chi connectivity index (χ2n) is 5.56. The van der Waals surface area contributed by atoms with Gasteiger partial charge in [-0.05, 0) is 44.9 Å². The number of likely N-dealkylation sites (N-methyl/N-ethyl adjacent to an activating group) is 1. The number of aliphatic imine (C=N–C) groups is 1. The summed E-state index contributed by atoms with van der Waals surface area (Å²) in [6.07, 6.45) is 0.932. The van der Waals surface area contributed by atoms with E-state index in [2.05, 4.69) is 20.9 Å². The Morgan fingerprint density at radius 1 is 1.11 bits per heavy atom. The van der Waals surface area contributed by atoms with E-state index < -0.39 is 0 Å². The quantitative estimate of drug-likeness (QED) is 0.181. The molecule has 0 saturated heterocycles. The lowest BCUT2D eigenvalue weighted by Crippen LogP contribution is -2.38. The van der Waals surface area contributed by atoms with Crippen molar-refractivity contribution < 1.29 is 14.3 Å². The fourth-order valence-corrected chi connectivity index (χ4v) is 2.17. The van der Waals surface area contributed by atoms with Crippen LogP contribution in [0.15, 0.2) is 29.3 Å². The highest BCUT2D eigenvalue weighted by Crippen LogP contribution is 2.14. The van der Waals surface area contributed by atoms with E-state index in [0.29, 0.717) is 18.8 Å². The molecule has 0 heterocycles. The summed E-state index contributed by atoms with van der Waals surface area (Å²) in [6, 6.07) is 7.63. The molecule has 0 aromatic heterocycles. The standard InChI is InChI=1S/C19H32N4O3.HI/c1-4-20-18(24)15-26-17-10-7-9-16(13-17)14-23-19(21-5-2)22-11-8-12-25-6-3;/h7,9-10,13H,4-6,8,11-12,14-15H2,1-3H3,(H,20,24)(H2,21,22,23);1H. The zero-order chi connectivity index (χ0) is 19.0. The molecule has 0 bridgehead atoms. The first kappa shape index (κ1) is 25.4. The summed E-state index contributed by atoms with van der Waals surface area (Å²) in [4.78, 5) is 16.1. The Labute approximate surface area is 179 Å². The van der Waals surface area contributed by atoms with Crippen LogP contribution < -0.4 is 20.7 Å². The molecule has 0 saturated carbocycles. The Morgan fingerprint density at radius 2 is 1.89 bits per heavy atom. The molecule has 1 aromatic rings. The largest absolute Gasteiger partial charge is 0.484 e. The molecule has 1 aromatic carbocycles. The van der Waals surface area contributed by atoms with Crippen molar-refractivity contribution in [1.29, 1.82) is 0 Å². The molecule has 0 unspecified atom stereocenters. The molecule has 0 aliphatic carbocycles. The maximum absolute atomic E-state index is 11.5. The number of rotatable bonds is 12. The van der Waals surface area contributed by atoms with Crippen LogP contribution in [0, 0.1) is 0 Å². The van der Waals surface area contributed by atoms with Gasteiger partial charge in [-0.1, -0.05) is 12.1 Å². The van der Waals surface area contributed by atoms with Crippen LogP contribution in [0.2, 0.25) is 0 Å². The minimum atomic E-state index is -0.124. The van der Waals surface area contributed by atoms with Crippen LogP contribution in [-0.2, 0) is 16.1 Å². The Morgan fingerprint density at radius 3 is 2.59 bits per heavy atom. The van der Waals surface area contributed by atoms with Crippen LogP contribution in [0.4, 0.5) is 0 Å². The highest BCUT2D eigenvalue weighted by Gasteiger charge is 2.03. The lowest BCUT2D eigenvalue weighted by atomic mass is 10.2. The first-order valence-electron chi connectivity index (χ1n) is 9.27. The maximum atomic E-state index is 11.5. The van der Waals surface area contributed by atoms with E-state index in [1.165, 1.54) is 0 Å². The topological polar surface area (TPSA) is 84.0 Å². The molecule has 0 aliphatic rings. The summed E-state index contributed by atoms with van der Waals surface area (Å²) in [6.45, 7) is 10.1. The predicted octanol–water partition coefficient (Wildman–Crippen LogP) is 2.30. The van der Waals surface area contributed by atoms with Crippen LogP contribution in [0.25, 0.3) is 0 Å². The lowest BCUT2D eigenvalue weighted by Gasteiger charge is -2.11. The highest BCUT2D eigenvalue weighted by atomic mass is 127. The van der Waals surface area contributed by atoms with E-state index in [4.69, 9.17) is 9.47 Å². The third-order valence-electron chi connectivity index (χ3n) is 3.37.